The van der Waals surface area contributed by atoms with Gasteiger partial charge < -0.3 is 39.2 Å². The smallest absolute Gasteiger partial charge is 0.329 e. The molecule has 14 atom stereocenters. The van der Waals surface area contributed by atoms with E-state index in [1.165, 1.54) is 4.90 Å². The van der Waals surface area contributed by atoms with Crippen LogP contribution >= 0.6 is 8.58 Å². The first-order valence-electron chi connectivity index (χ1n) is 24.0. The van der Waals surface area contributed by atoms with Crippen LogP contribution in [0.1, 0.15) is 125 Å². The molecule has 0 bridgehead atoms. The number of rotatable bonds is 9. The Kier molecular flexibility index (Phi) is 25.0. The van der Waals surface area contributed by atoms with E-state index >= 15 is 0 Å². The first-order valence-corrected chi connectivity index (χ1v) is 25.2. The van der Waals surface area contributed by atoms with Crippen LogP contribution in [0.3, 0.4) is 0 Å². The van der Waals surface area contributed by atoms with Crippen molar-refractivity contribution >= 4 is 32.0 Å². The summed E-state index contributed by atoms with van der Waals surface area (Å²) in [6, 6.07) is -1.01. The van der Waals surface area contributed by atoms with Crippen LogP contribution in [-0.4, -0.2) is 120 Å². The van der Waals surface area contributed by atoms with Gasteiger partial charge in [-0.2, -0.15) is 0 Å². The number of allylic oxidation sites excluding steroid dienone is 5. The molecule has 0 spiro atoms. The molecule has 8 unspecified atom stereocenters. The number of ketones is 2. The van der Waals surface area contributed by atoms with Gasteiger partial charge >= 0.3 is 5.97 Å². The molecule has 13 heteroatoms. The molecule has 0 aromatic carbocycles. The Hall–Kier alpha value is -3.09. The average Bonchev–Trinajstić information content (AvgIpc) is 3.60. The fourth-order valence-electron chi connectivity index (χ4n) is 9.83. The third-order valence-corrected chi connectivity index (χ3v) is 14.4. The first-order chi connectivity index (χ1) is 31.1. The van der Waals surface area contributed by atoms with Gasteiger partial charge in [0.15, 0.2) is 0 Å². The van der Waals surface area contributed by atoms with E-state index in [0.29, 0.717) is 79.2 Å². The zero-order valence-electron chi connectivity index (χ0n) is 40.6. The summed E-state index contributed by atoms with van der Waals surface area (Å²) in [6.45, 7) is 18.1. The van der Waals surface area contributed by atoms with Crippen LogP contribution in [0.2, 0.25) is 0 Å². The summed E-state index contributed by atoms with van der Waals surface area (Å²) >= 11 is 0. The van der Waals surface area contributed by atoms with Crippen LogP contribution in [0.15, 0.2) is 71.9 Å². The van der Waals surface area contributed by atoms with Crippen molar-refractivity contribution in [1.29, 1.82) is 0 Å². The van der Waals surface area contributed by atoms with Crippen molar-refractivity contribution in [3.63, 3.8) is 0 Å². The molecule has 0 aromatic rings. The minimum absolute atomic E-state index is 0.0415. The summed E-state index contributed by atoms with van der Waals surface area (Å²) < 4.78 is 24.1. The lowest BCUT2D eigenvalue weighted by atomic mass is 9.82. The molecule has 0 aromatic heterocycles. The number of cyclic esters (lactones) is 1. The van der Waals surface area contributed by atoms with Crippen molar-refractivity contribution in [1.82, 2.24) is 4.90 Å². The van der Waals surface area contributed by atoms with Crippen LogP contribution in [0.5, 0.6) is 0 Å². The number of hydrogen-bond acceptors (Lipinski definition) is 11. The number of aliphatic hydroxyl groups excluding tert-OH is 3. The van der Waals surface area contributed by atoms with E-state index in [4.69, 9.17) is 18.9 Å². The minimum atomic E-state index is -1.58. The summed E-state index contributed by atoms with van der Waals surface area (Å²) in [6.07, 6.45) is 12.2. The largest absolute Gasteiger partial charge is 0.456 e. The number of carbonyl (C=O) groups excluding carboxylic acids is 4. The Balaban J connectivity index is 0.00000553. The summed E-state index contributed by atoms with van der Waals surface area (Å²) in [5.41, 5.74) is 2.69. The van der Waals surface area contributed by atoms with Gasteiger partial charge in [0.1, 0.15) is 30.1 Å². The van der Waals surface area contributed by atoms with E-state index in [1.54, 1.807) is 21.1 Å². The van der Waals surface area contributed by atoms with E-state index < -0.39 is 60.1 Å². The Labute approximate surface area is 391 Å². The number of Topliss-reactive ketones (excluding diaryl/α,β-unsaturated/α-hetero) is 2. The van der Waals surface area contributed by atoms with Crippen molar-refractivity contribution < 1.29 is 53.4 Å². The number of ether oxygens (including phenoxy) is 4. The maximum atomic E-state index is 14.3. The Morgan fingerprint density at radius 2 is 1.66 bits per heavy atom. The van der Waals surface area contributed by atoms with Gasteiger partial charge in [0.25, 0.3) is 5.91 Å². The van der Waals surface area contributed by atoms with Crippen LogP contribution in [0, 0.1) is 29.6 Å². The molecule has 4 rings (SSSR count). The number of methoxy groups -OCH3 is 2. The molecule has 65 heavy (non-hydrogen) atoms. The molecule has 1 saturated carbocycles. The molecule has 4 aliphatic rings. The topological polar surface area (TPSA) is 169 Å². The lowest BCUT2D eigenvalue weighted by molar-refractivity contribution is -0.164. The summed E-state index contributed by atoms with van der Waals surface area (Å²) in [5, 5.41) is 33.2. The van der Waals surface area contributed by atoms with Crippen LogP contribution in [0.25, 0.3) is 0 Å². The molecule has 1 saturated heterocycles. The summed E-state index contributed by atoms with van der Waals surface area (Å²) in [4.78, 5) is 57.0. The first kappa shape index (κ1) is 56.2. The zero-order valence-corrected chi connectivity index (χ0v) is 41.6. The molecule has 3 heterocycles. The normalized spacial score (nSPS) is 35.1. The maximum absolute atomic E-state index is 14.3. The fraction of sp³-hybridized carbons (Fsp3) is 0.692. The Morgan fingerprint density at radius 1 is 0.954 bits per heavy atom. The van der Waals surface area contributed by atoms with E-state index in [9.17, 15) is 34.5 Å². The van der Waals surface area contributed by atoms with Crippen molar-refractivity contribution in [2.24, 2.45) is 29.6 Å². The number of carbonyl (C=O) groups is 4. The van der Waals surface area contributed by atoms with Crippen molar-refractivity contribution in [2.75, 3.05) is 27.4 Å². The van der Waals surface area contributed by atoms with E-state index in [-0.39, 0.29) is 54.8 Å². The predicted molar refractivity (Wildman–Crippen MR) is 258 cm³/mol. The highest BCUT2D eigenvalue weighted by molar-refractivity contribution is 7.45. The molecule has 3 N–H and O–H groups in total. The second kappa shape index (κ2) is 28.9. The zero-order chi connectivity index (χ0) is 48.2. The lowest BCUT2D eigenvalue weighted by Crippen LogP contribution is -2.54. The number of piperidine rings is 1. The number of fused-ring (bicyclic) bond motifs is 1. The number of amides is 1. The Bertz CT molecular complexity index is 1690. The summed E-state index contributed by atoms with van der Waals surface area (Å²) in [5.74, 6) is 0.788. The van der Waals surface area contributed by atoms with E-state index in [0.717, 1.165) is 29.6 Å². The predicted octanol–water partition coefficient (Wildman–Crippen LogP) is 8.34. The summed E-state index contributed by atoms with van der Waals surface area (Å²) in [7, 11) is 3.82. The highest BCUT2D eigenvalue weighted by atomic mass is 31.1. The van der Waals surface area contributed by atoms with Crippen LogP contribution in [0.4, 0.5) is 0 Å². The Morgan fingerprint density at radius 3 is 2.34 bits per heavy atom. The molecule has 1 aliphatic carbocycles. The standard InChI is InChI=1S/C50H78NO11P.C2H4/c1-9-37-24-31(2)23-32(3)25-39(59-7)29-40(60-8)27-34(5)46(55)47(56)49(57)51-20-11-10-14-41(51)50(58)62-48(33(4)15-17-42(37)52)35(6)26-36-16-18-45(43(53)28-36)61-30-44(54)38-13-12-21-63-22-19-38;1-2/h12-13,19,21-22,24,26,32-34,36-37,39-41,43-46,48,53-55,63H,9-11,14-18,20,23,25,27-30H2,1-8H3;1-2H2/b31-24+,35-26+;/t32?,33-,34?,36+,37-,39+,40?,41?,43?,44?,45-,46?,48+;/m1./s1. The second-order valence-corrected chi connectivity index (χ2v) is 19.9. The van der Waals surface area contributed by atoms with Gasteiger partial charge in [-0.1, -0.05) is 83.9 Å². The lowest BCUT2D eigenvalue weighted by Gasteiger charge is -2.36. The van der Waals surface area contributed by atoms with Gasteiger partial charge in [-0.25, -0.2) is 4.79 Å². The van der Waals surface area contributed by atoms with Crippen molar-refractivity contribution in [3.05, 3.63) is 71.9 Å². The van der Waals surface area contributed by atoms with Gasteiger partial charge in [-0.3, -0.25) is 14.4 Å². The number of esters is 1. The van der Waals surface area contributed by atoms with Crippen molar-refractivity contribution in [3.8, 4) is 0 Å². The molecular weight excluding hydrogens is 846 g/mol. The minimum Gasteiger partial charge on any atom is -0.456 e. The van der Waals surface area contributed by atoms with Gasteiger partial charge in [0.2, 0.25) is 5.78 Å². The molecule has 0 radical (unpaired) electrons. The van der Waals surface area contributed by atoms with Gasteiger partial charge in [0.05, 0.1) is 31.0 Å². The molecule has 2 fully saturated rings. The van der Waals surface area contributed by atoms with E-state index in [2.05, 4.69) is 39.2 Å². The molecule has 1 amide bonds. The molecule has 366 valence electrons. The van der Waals surface area contributed by atoms with Crippen molar-refractivity contribution in [2.45, 2.75) is 174 Å². The van der Waals surface area contributed by atoms with Crippen LogP contribution < -0.4 is 0 Å². The number of nitrogens with zero attached hydrogens (tertiary/aromatic N) is 1. The fourth-order valence-corrected chi connectivity index (χ4v) is 10.4. The highest BCUT2D eigenvalue weighted by Gasteiger charge is 2.41. The number of hydrogen-bond donors (Lipinski definition) is 3. The molecular formula is C52H82NO11P. The third-order valence-electron chi connectivity index (χ3n) is 13.6. The third kappa shape index (κ3) is 17.5. The quantitative estimate of drug-likeness (QED) is 0.0880. The average molecular weight is 928 g/mol. The van der Waals surface area contributed by atoms with Gasteiger partial charge in [-0.15, -0.1) is 13.2 Å². The van der Waals surface area contributed by atoms with E-state index in [1.807, 2.05) is 50.6 Å². The monoisotopic (exact) mass is 928 g/mol. The second-order valence-electron chi connectivity index (χ2n) is 18.9. The SMILES string of the molecule is C=C.CC[C@@H]1/C=C(\C)CC(C)C[C@H](OC)CC(OC)CC(C)C(O)C(=O)C(=O)N2CCCCC2C(=O)O[C@H](/C(C)=C/[C@@H]2CC[C@@H](OCC(O)C3=CC=CPC=C3)C(O)C2)[C@H](C)CCC1=O. The molecule has 3 aliphatic heterocycles. The van der Waals surface area contributed by atoms with Gasteiger partial charge in [-0.05, 0) is 126 Å². The molecule has 12 nitrogen and oxygen atoms in total. The number of aliphatic hydroxyl groups is 3. The highest BCUT2D eigenvalue weighted by Crippen LogP contribution is 2.33. The van der Waals surface area contributed by atoms with Crippen LogP contribution in [-0.2, 0) is 38.1 Å². The maximum Gasteiger partial charge on any atom is 0.329 e. The van der Waals surface area contributed by atoms with Gasteiger partial charge in [0, 0.05) is 33.1 Å².